The summed E-state index contributed by atoms with van der Waals surface area (Å²) in [5.74, 6) is 0.532. The number of nitrogens with one attached hydrogen (secondary N) is 1. The van der Waals surface area contributed by atoms with Crippen LogP contribution < -0.4 is 10.1 Å². The fourth-order valence-electron chi connectivity index (χ4n) is 2.93. The molecular formula is C23H19IN2O2S. The van der Waals surface area contributed by atoms with E-state index in [9.17, 15) is 4.79 Å². The first-order valence-corrected chi connectivity index (χ1v) is 11.2. The average Bonchev–Trinajstić information content (AvgIpc) is 3.18. The molecule has 3 aromatic carbocycles. The molecule has 0 radical (unpaired) electrons. The Labute approximate surface area is 187 Å². The second-order valence-corrected chi connectivity index (χ2v) is 8.78. The number of amides is 1. The van der Waals surface area contributed by atoms with Gasteiger partial charge in [-0.3, -0.25) is 4.79 Å². The maximum Gasteiger partial charge on any atom is 0.255 e. The third kappa shape index (κ3) is 4.59. The number of thiazole rings is 1. The standard InChI is InChI=1S/C23H19IN2O2S/c1-2-12-28-17-7-5-6-15(13-17)22(27)25-19-11-10-16(24)14-18(19)23-26-20-8-3-4-9-21(20)29-23/h3-11,13-14H,2,12H2,1H3,(H,25,27). The topological polar surface area (TPSA) is 51.2 Å². The number of halogens is 1. The number of carbonyl (C=O) groups is 1. The smallest absolute Gasteiger partial charge is 0.255 e. The second-order valence-electron chi connectivity index (χ2n) is 6.51. The normalized spacial score (nSPS) is 10.8. The van der Waals surface area contributed by atoms with Crippen molar-refractivity contribution in [1.82, 2.24) is 4.98 Å². The summed E-state index contributed by atoms with van der Waals surface area (Å²) in [6.07, 6.45) is 0.921. The molecule has 0 saturated heterocycles. The van der Waals surface area contributed by atoms with Gasteiger partial charge in [-0.1, -0.05) is 25.1 Å². The molecule has 1 N–H and O–H groups in total. The summed E-state index contributed by atoms with van der Waals surface area (Å²) in [7, 11) is 0. The van der Waals surface area contributed by atoms with Crippen LogP contribution in [0.15, 0.2) is 66.7 Å². The van der Waals surface area contributed by atoms with E-state index in [4.69, 9.17) is 9.72 Å². The van der Waals surface area contributed by atoms with Crippen molar-refractivity contribution in [3.05, 3.63) is 75.9 Å². The Morgan fingerprint density at radius 3 is 2.79 bits per heavy atom. The van der Waals surface area contributed by atoms with Crippen molar-refractivity contribution < 1.29 is 9.53 Å². The number of ether oxygens (including phenoxy) is 1. The molecule has 0 fully saturated rings. The van der Waals surface area contributed by atoms with Crippen LogP contribution in [-0.2, 0) is 0 Å². The van der Waals surface area contributed by atoms with Crippen LogP contribution in [-0.4, -0.2) is 17.5 Å². The minimum Gasteiger partial charge on any atom is -0.494 e. The summed E-state index contributed by atoms with van der Waals surface area (Å²) < 4.78 is 7.86. The van der Waals surface area contributed by atoms with Crippen molar-refractivity contribution in [2.24, 2.45) is 0 Å². The molecule has 0 aliphatic carbocycles. The van der Waals surface area contributed by atoms with Gasteiger partial charge in [0.1, 0.15) is 10.8 Å². The lowest BCUT2D eigenvalue weighted by Gasteiger charge is -2.11. The summed E-state index contributed by atoms with van der Waals surface area (Å²) in [6, 6.07) is 21.3. The molecule has 4 nitrogen and oxygen atoms in total. The quantitative estimate of drug-likeness (QED) is 0.295. The lowest BCUT2D eigenvalue weighted by molar-refractivity contribution is 0.102. The van der Waals surface area contributed by atoms with E-state index in [1.165, 1.54) is 0 Å². The monoisotopic (exact) mass is 514 g/mol. The van der Waals surface area contributed by atoms with Crippen LogP contribution >= 0.6 is 33.9 Å². The molecule has 0 unspecified atom stereocenters. The molecular weight excluding hydrogens is 495 g/mol. The molecule has 1 heterocycles. The van der Waals surface area contributed by atoms with Crippen LogP contribution in [0.4, 0.5) is 5.69 Å². The zero-order chi connectivity index (χ0) is 20.2. The molecule has 0 bridgehead atoms. The van der Waals surface area contributed by atoms with Crippen molar-refractivity contribution in [3.63, 3.8) is 0 Å². The van der Waals surface area contributed by atoms with Crippen LogP contribution in [0.3, 0.4) is 0 Å². The number of hydrogen-bond donors (Lipinski definition) is 1. The van der Waals surface area contributed by atoms with E-state index in [1.54, 1.807) is 23.5 Å². The fraction of sp³-hybridized carbons (Fsp3) is 0.130. The Bertz CT molecular complexity index is 1140. The number of rotatable bonds is 6. The Morgan fingerprint density at radius 2 is 1.97 bits per heavy atom. The maximum atomic E-state index is 12.9. The minimum atomic E-state index is -0.171. The highest BCUT2D eigenvalue weighted by atomic mass is 127. The van der Waals surface area contributed by atoms with Gasteiger partial charge in [-0.2, -0.15) is 0 Å². The maximum absolute atomic E-state index is 12.9. The van der Waals surface area contributed by atoms with Crippen molar-refractivity contribution in [1.29, 1.82) is 0 Å². The summed E-state index contributed by atoms with van der Waals surface area (Å²) >= 11 is 3.90. The summed E-state index contributed by atoms with van der Waals surface area (Å²) in [6.45, 7) is 2.68. The summed E-state index contributed by atoms with van der Waals surface area (Å²) in [4.78, 5) is 17.7. The second kappa shape index (κ2) is 8.92. The molecule has 4 aromatic rings. The summed E-state index contributed by atoms with van der Waals surface area (Å²) in [5, 5.41) is 3.94. The molecule has 0 saturated carbocycles. The zero-order valence-corrected chi connectivity index (χ0v) is 18.8. The highest BCUT2D eigenvalue weighted by Gasteiger charge is 2.15. The van der Waals surface area contributed by atoms with Crippen LogP contribution in [0, 0.1) is 3.57 Å². The largest absolute Gasteiger partial charge is 0.494 e. The number of benzene rings is 3. The van der Waals surface area contributed by atoms with Gasteiger partial charge in [-0.25, -0.2) is 4.98 Å². The minimum absolute atomic E-state index is 0.171. The lowest BCUT2D eigenvalue weighted by Crippen LogP contribution is -2.13. The molecule has 1 aromatic heterocycles. The van der Waals surface area contributed by atoms with Gasteiger partial charge in [0.15, 0.2) is 0 Å². The van der Waals surface area contributed by atoms with E-state index >= 15 is 0 Å². The number of nitrogens with zero attached hydrogens (tertiary/aromatic N) is 1. The van der Waals surface area contributed by atoms with Gasteiger partial charge in [0.25, 0.3) is 5.91 Å². The predicted octanol–water partition coefficient (Wildman–Crippen LogP) is 6.61. The van der Waals surface area contributed by atoms with Gasteiger partial charge in [-0.05, 0) is 77.5 Å². The molecule has 0 aliphatic rings. The third-order valence-electron chi connectivity index (χ3n) is 4.32. The highest BCUT2D eigenvalue weighted by Crippen LogP contribution is 2.35. The van der Waals surface area contributed by atoms with Gasteiger partial charge in [0, 0.05) is 14.7 Å². The van der Waals surface area contributed by atoms with Crippen LogP contribution in [0.5, 0.6) is 5.75 Å². The molecule has 4 rings (SSSR count). The molecule has 146 valence electrons. The number of hydrogen-bond acceptors (Lipinski definition) is 4. The van der Waals surface area contributed by atoms with E-state index in [0.29, 0.717) is 17.9 Å². The number of fused-ring (bicyclic) bond motifs is 1. The SMILES string of the molecule is CCCOc1cccc(C(=O)Nc2ccc(I)cc2-c2nc3ccccc3s2)c1. The van der Waals surface area contributed by atoms with Crippen LogP contribution in [0.2, 0.25) is 0 Å². The van der Waals surface area contributed by atoms with Crippen molar-refractivity contribution in [2.45, 2.75) is 13.3 Å². The Morgan fingerprint density at radius 1 is 1.10 bits per heavy atom. The first-order valence-electron chi connectivity index (χ1n) is 9.34. The van der Waals surface area contributed by atoms with E-state index in [1.807, 2.05) is 42.5 Å². The number of aromatic nitrogens is 1. The highest BCUT2D eigenvalue weighted by molar-refractivity contribution is 14.1. The van der Waals surface area contributed by atoms with E-state index in [-0.39, 0.29) is 5.91 Å². The Balaban J connectivity index is 1.65. The third-order valence-corrected chi connectivity index (χ3v) is 6.06. The van der Waals surface area contributed by atoms with E-state index in [2.05, 4.69) is 47.0 Å². The number of para-hydroxylation sites is 1. The molecule has 29 heavy (non-hydrogen) atoms. The van der Waals surface area contributed by atoms with Crippen LogP contribution in [0.25, 0.3) is 20.8 Å². The van der Waals surface area contributed by atoms with E-state index < -0.39 is 0 Å². The van der Waals surface area contributed by atoms with Gasteiger partial charge in [-0.15, -0.1) is 11.3 Å². The molecule has 0 atom stereocenters. The average molecular weight is 514 g/mol. The zero-order valence-electron chi connectivity index (χ0n) is 15.8. The molecule has 6 heteroatoms. The Hall–Kier alpha value is -2.45. The molecule has 0 spiro atoms. The summed E-state index contributed by atoms with van der Waals surface area (Å²) in [5.41, 5.74) is 3.19. The first kappa shape index (κ1) is 19.8. The Kier molecular flexibility index (Phi) is 6.10. The molecule has 1 amide bonds. The van der Waals surface area contributed by atoms with Crippen molar-refractivity contribution in [2.75, 3.05) is 11.9 Å². The fourth-order valence-corrected chi connectivity index (χ4v) is 4.42. The van der Waals surface area contributed by atoms with Gasteiger partial charge < -0.3 is 10.1 Å². The first-order chi connectivity index (χ1) is 14.1. The van der Waals surface area contributed by atoms with Crippen molar-refractivity contribution >= 4 is 55.7 Å². The molecule has 0 aliphatic heterocycles. The van der Waals surface area contributed by atoms with Gasteiger partial charge in [0.05, 0.1) is 22.5 Å². The number of carbonyl (C=O) groups excluding carboxylic acids is 1. The van der Waals surface area contributed by atoms with E-state index in [0.717, 1.165) is 36.5 Å². The lowest BCUT2D eigenvalue weighted by atomic mass is 10.1. The van der Waals surface area contributed by atoms with Crippen molar-refractivity contribution in [3.8, 4) is 16.3 Å². The van der Waals surface area contributed by atoms with Gasteiger partial charge >= 0.3 is 0 Å². The number of anilines is 1. The predicted molar refractivity (Wildman–Crippen MR) is 128 cm³/mol. The van der Waals surface area contributed by atoms with Crippen LogP contribution in [0.1, 0.15) is 23.7 Å². The van der Waals surface area contributed by atoms with Gasteiger partial charge in [0.2, 0.25) is 0 Å².